The van der Waals surface area contributed by atoms with Crippen LogP contribution >= 0.6 is 0 Å². The van der Waals surface area contributed by atoms with E-state index < -0.39 is 6.10 Å². The minimum absolute atomic E-state index is 0.496. The Balaban J connectivity index is 1.82. The number of aliphatic hydroxyl groups excluding tert-OH is 1. The van der Waals surface area contributed by atoms with Gasteiger partial charge in [0.1, 0.15) is 12.4 Å². The van der Waals surface area contributed by atoms with Gasteiger partial charge in [0.05, 0.1) is 19.3 Å². The molecule has 0 saturated carbocycles. The van der Waals surface area contributed by atoms with Gasteiger partial charge in [0.2, 0.25) is 0 Å². The van der Waals surface area contributed by atoms with Crippen molar-refractivity contribution in [2.75, 3.05) is 39.5 Å². The second kappa shape index (κ2) is 6.73. The Morgan fingerprint density at radius 1 is 1.33 bits per heavy atom. The van der Waals surface area contributed by atoms with Crippen molar-refractivity contribution >= 4 is 0 Å². The Kier molecular flexibility index (Phi) is 4.99. The highest BCUT2D eigenvalue weighted by Crippen LogP contribution is 2.24. The Hall–Kier alpha value is -1.10. The Morgan fingerprint density at radius 3 is 2.78 bits per heavy atom. The third-order valence-electron chi connectivity index (χ3n) is 3.14. The van der Waals surface area contributed by atoms with Gasteiger partial charge >= 0.3 is 0 Å². The minimum atomic E-state index is -0.496. The molecule has 18 heavy (non-hydrogen) atoms. The van der Waals surface area contributed by atoms with Crippen molar-refractivity contribution < 1.29 is 14.6 Å². The van der Waals surface area contributed by atoms with Gasteiger partial charge in [-0.2, -0.15) is 0 Å². The molecule has 1 aromatic carbocycles. The molecule has 1 aromatic rings. The molecule has 4 heteroatoms. The van der Waals surface area contributed by atoms with Crippen LogP contribution in [0.25, 0.3) is 0 Å². The lowest BCUT2D eigenvalue weighted by molar-refractivity contribution is 0.0320. The average Bonchev–Trinajstić information content (AvgIpc) is 2.40. The normalized spacial score (nSPS) is 18.6. The fourth-order valence-electron chi connectivity index (χ4n) is 2.07. The molecule has 0 unspecified atom stereocenters. The van der Waals surface area contributed by atoms with Crippen LogP contribution in [0.5, 0.6) is 5.75 Å². The summed E-state index contributed by atoms with van der Waals surface area (Å²) in [6.07, 6.45) is -0.496. The summed E-state index contributed by atoms with van der Waals surface area (Å²) < 4.78 is 11.1. The van der Waals surface area contributed by atoms with E-state index in [-0.39, 0.29) is 0 Å². The van der Waals surface area contributed by atoms with E-state index in [2.05, 4.69) is 4.90 Å². The molecule has 1 aliphatic rings. The molecule has 0 bridgehead atoms. The molecule has 1 fully saturated rings. The summed E-state index contributed by atoms with van der Waals surface area (Å²) in [6.45, 7) is 6.86. The number of benzene rings is 1. The molecule has 100 valence electrons. The first kappa shape index (κ1) is 13.3. The van der Waals surface area contributed by atoms with Gasteiger partial charge in [-0.15, -0.1) is 0 Å². The van der Waals surface area contributed by atoms with Gasteiger partial charge in [-0.1, -0.05) is 18.2 Å². The van der Waals surface area contributed by atoms with Crippen LogP contribution in [0.2, 0.25) is 0 Å². The topological polar surface area (TPSA) is 41.9 Å². The fourth-order valence-corrected chi connectivity index (χ4v) is 2.07. The number of ether oxygens (including phenoxy) is 2. The molecule has 1 aliphatic heterocycles. The van der Waals surface area contributed by atoms with E-state index in [1.54, 1.807) is 6.92 Å². The number of morpholine rings is 1. The zero-order valence-electron chi connectivity index (χ0n) is 10.8. The van der Waals surface area contributed by atoms with Crippen LogP contribution in [-0.4, -0.2) is 49.5 Å². The molecule has 1 atom stereocenters. The van der Waals surface area contributed by atoms with Crippen LogP contribution in [-0.2, 0) is 4.74 Å². The molecular weight excluding hydrogens is 230 g/mol. The highest BCUT2D eigenvalue weighted by Gasteiger charge is 2.11. The van der Waals surface area contributed by atoms with E-state index in [0.717, 1.165) is 44.2 Å². The lowest BCUT2D eigenvalue weighted by Gasteiger charge is -2.26. The van der Waals surface area contributed by atoms with Gasteiger partial charge in [-0.3, -0.25) is 4.90 Å². The second-order valence-electron chi connectivity index (χ2n) is 4.52. The number of hydrogen-bond donors (Lipinski definition) is 1. The number of para-hydroxylation sites is 1. The first-order valence-corrected chi connectivity index (χ1v) is 6.47. The number of rotatable bonds is 5. The zero-order valence-corrected chi connectivity index (χ0v) is 10.8. The molecule has 0 radical (unpaired) electrons. The summed E-state index contributed by atoms with van der Waals surface area (Å²) in [5.74, 6) is 0.778. The van der Waals surface area contributed by atoms with Crippen molar-refractivity contribution in [3.8, 4) is 5.75 Å². The van der Waals surface area contributed by atoms with Gasteiger partial charge < -0.3 is 14.6 Å². The first-order valence-electron chi connectivity index (χ1n) is 6.47. The third kappa shape index (κ3) is 3.70. The van der Waals surface area contributed by atoms with Gasteiger partial charge in [-0.25, -0.2) is 0 Å². The predicted molar refractivity (Wildman–Crippen MR) is 69.8 cm³/mol. The highest BCUT2D eigenvalue weighted by atomic mass is 16.5. The standard InChI is InChI=1S/C14H21NO3/c1-12(16)13-4-2-3-5-14(13)18-11-8-15-6-9-17-10-7-15/h2-5,12,16H,6-11H2,1H3/t12-/m1/s1. The molecule has 0 spiro atoms. The van der Waals surface area contributed by atoms with Gasteiger partial charge in [0, 0.05) is 25.2 Å². The van der Waals surface area contributed by atoms with Crippen molar-refractivity contribution in [1.29, 1.82) is 0 Å². The first-order chi connectivity index (χ1) is 8.77. The number of hydrogen-bond acceptors (Lipinski definition) is 4. The van der Waals surface area contributed by atoms with Crippen molar-refractivity contribution in [2.24, 2.45) is 0 Å². The van der Waals surface area contributed by atoms with Crippen LogP contribution in [0.1, 0.15) is 18.6 Å². The number of nitrogens with zero attached hydrogens (tertiary/aromatic N) is 1. The van der Waals surface area contributed by atoms with Crippen LogP contribution < -0.4 is 4.74 Å². The summed E-state index contributed by atoms with van der Waals surface area (Å²) in [5.41, 5.74) is 0.847. The van der Waals surface area contributed by atoms with Crippen LogP contribution in [0.3, 0.4) is 0 Å². The highest BCUT2D eigenvalue weighted by molar-refractivity contribution is 5.34. The molecular formula is C14H21NO3. The summed E-state index contributed by atoms with van der Waals surface area (Å²) in [5, 5.41) is 9.65. The molecule has 1 saturated heterocycles. The molecule has 4 nitrogen and oxygen atoms in total. The van der Waals surface area contributed by atoms with Gasteiger partial charge in [-0.05, 0) is 13.0 Å². The Morgan fingerprint density at radius 2 is 2.06 bits per heavy atom. The summed E-state index contributed by atoms with van der Waals surface area (Å²) in [7, 11) is 0. The molecule has 1 heterocycles. The summed E-state index contributed by atoms with van der Waals surface area (Å²) in [4.78, 5) is 2.33. The SMILES string of the molecule is C[C@@H](O)c1ccccc1OCCN1CCOCC1. The molecule has 0 aromatic heterocycles. The van der Waals surface area contributed by atoms with E-state index in [0.29, 0.717) is 6.61 Å². The fraction of sp³-hybridized carbons (Fsp3) is 0.571. The maximum absolute atomic E-state index is 9.65. The van der Waals surface area contributed by atoms with Crippen LogP contribution in [0, 0.1) is 0 Å². The van der Waals surface area contributed by atoms with E-state index in [1.807, 2.05) is 24.3 Å². The van der Waals surface area contributed by atoms with Gasteiger partial charge in [0.25, 0.3) is 0 Å². The monoisotopic (exact) mass is 251 g/mol. The lowest BCUT2D eigenvalue weighted by Crippen LogP contribution is -2.38. The summed E-state index contributed by atoms with van der Waals surface area (Å²) in [6, 6.07) is 7.64. The van der Waals surface area contributed by atoms with E-state index >= 15 is 0 Å². The van der Waals surface area contributed by atoms with E-state index in [4.69, 9.17) is 9.47 Å². The van der Waals surface area contributed by atoms with E-state index in [9.17, 15) is 5.11 Å². The lowest BCUT2D eigenvalue weighted by atomic mass is 10.1. The van der Waals surface area contributed by atoms with Crippen molar-refractivity contribution in [3.05, 3.63) is 29.8 Å². The van der Waals surface area contributed by atoms with Crippen molar-refractivity contribution in [3.63, 3.8) is 0 Å². The molecule has 0 aliphatic carbocycles. The van der Waals surface area contributed by atoms with Crippen LogP contribution in [0.15, 0.2) is 24.3 Å². The quantitative estimate of drug-likeness (QED) is 0.860. The molecule has 2 rings (SSSR count). The van der Waals surface area contributed by atoms with Gasteiger partial charge in [0.15, 0.2) is 0 Å². The maximum atomic E-state index is 9.65. The number of aliphatic hydroxyl groups is 1. The minimum Gasteiger partial charge on any atom is -0.492 e. The molecule has 0 amide bonds. The third-order valence-corrected chi connectivity index (χ3v) is 3.14. The van der Waals surface area contributed by atoms with Crippen molar-refractivity contribution in [2.45, 2.75) is 13.0 Å². The van der Waals surface area contributed by atoms with E-state index in [1.165, 1.54) is 0 Å². The largest absolute Gasteiger partial charge is 0.492 e. The molecule has 1 N–H and O–H groups in total. The maximum Gasteiger partial charge on any atom is 0.125 e. The average molecular weight is 251 g/mol. The smallest absolute Gasteiger partial charge is 0.125 e. The Labute approximate surface area is 108 Å². The van der Waals surface area contributed by atoms with Crippen LogP contribution in [0.4, 0.5) is 0 Å². The summed E-state index contributed by atoms with van der Waals surface area (Å²) >= 11 is 0. The second-order valence-corrected chi connectivity index (χ2v) is 4.52. The van der Waals surface area contributed by atoms with Crippen molar-refractivity contribution in [1.82, 2.24) is 4.90 Å². The zero-order chi connectivity index (χ0) is 12.8. The Bertz CT molecular complexity index is 362. The predicted octanol–water partition coefficient (Wildman–Crippen LogP) is 1.45.